The van der Waals surface area contributed by atoms with Gasteiger partial charge in [0.1, 0.15) is 0 Å². The van der Waals surface area contributed by atoms with Gasteiger partial charge in [-0.05, 0) is 17.7 Å². The van der Waals surface area contributed by atoms with E-state index in [9.17, 15) is 4.79 Å². The zero-order chi connectivity index (χ0) is 11.1. The van der Waals surface area contributed by atoms with E-state index in [4.69, 9.17) is 5.73 Å². The molecule has 1 aromatic rings. The van der Waals surface area contributed by atoms with Crippen LogP contribution in [-0.2, 0) is 16.1 Å². The van der Waals surface area contributed by atoms with Crippen molar-refractivity contribution in [3.63, 3.8) is 0 Å². The Labute approximate surface area is 89.4 Å². The molecule has 0 fully saturated rings. The van der Waals surface area contributed by atoms with Crippen molar-refractivity contribution in [2.45, 2.75) is 13.0 Å². The van der Waals surface area contributed by atoms with Crippen LogP contribution in [0, 0.1) is 0 Å². The van der Waals surface area contributed by atoms with Crippen LogP contribution in [0.2, 0.25) is 0 Å². The Morgan fingerprint density at radius 1 is 1.40 bits per heavy atom. The van der Waals surface area contributed by atoms with Gasteiger partial charge >= 0.3 is 5.97 Å². The van der Waals surface area contributed by atoms with Crippen LogP contribution >= 0.6 is 0 Å². The Morgan fingerprint density at radius 2 is 2.07 bits per heavy atom. The van der Waals surface area contributed by atoms with Crippen LogP contribution in [0.4, 0.5) is 5.69 Å². The Hall–Kier alpha value is -1.55. The summed E-state index contributed by atoms with van der Waals surface area (Å²) >= 11 is 0. The first-order valence-corrected chi connectivity index (χ1v) is 4.84. The normalized spacial score (nSPS) is 9.93. The van der Waals surface area contributed by atoms with Crippen LogP contribution in [0.25, 0.3) is 0 Å². The zero-order valence-corrected chi connectivity index (χ0v) is 8.82. The van der Waals surface area contributed by atoms with Gasteiger partial charge in [-0.1, -0.05) is 12.1 Å². The zero-order valence-electron chi connectivity index (χ0n) is 8.82. The molecule has 1 aromatic carbocycles. The topological polar surface area (TPSA) is 64.3 Å². The number of esters is 1. The van der Waals surface area contributed by atoms with Gasteiger partial charge in [-0.15, -0.1) is 0 Å². The standard InChI is InChI=1S/C11H16N2O2/c1-15-11(14)6-7-13-8-9-2-4-10(12)5-3-9/h2-5,13H,6-8,12H2,1H3. The van der Waals surface area contributed by atoms with E-state index in [1.807, 2.05) is 24.3 Å². The number of nitrogens with one attached hydrogen (secondary N) is 1. The Morgan fingerprint density at radius 3 is 2.67 bits per heavy atom. The molecule has 0 radical (unpaired) electrons. The molecule has 0 atom stereocenters. The minimum Gasteiger partial charge on any atom is -0.469 e. The molecular weight excluding hydrogens is 192 g/mol. The van der Waals surface area contributed by atoms with E-state index in [0.717, 1.165) is 17.8 Å². The van der Waals surface area contributed by atoms with E-state index >= 15 is 0 Å². The Kier molecular flexibility index (Phi) is 4.63. The number of ether oxygens (including phenoxy) is 1. The van der Waals surface area contributed by atoms with E-state index in [1.165, 1.54) is 7.11 Å². The van der Waals surface area contributed by atoms with Gasteiger partial charge in [-0.25, -0.2) is 0 Å². The molecule has 0 heterocycles. The minimum absolute atomic E-state index is 0.195. The van der Waals surface area contributed by atoms with Crippen molar-refractivity contribution in [1.29, 1.82) is 0 Å². The number of carbonyl (C=O) groups excluding carboxylic acids is 1. The fourth-order valence-corrected chi connectivity index (χ4v) is 1.16. The second-order valence-corrected chi connectivity index (χ2v) is 3.24. The molecule has 0 aromatic heterocycles. The number of hydrogen-bond donors (Lipinski definition) is 2. The number of carbonyl (C=O) groups is 1. The number of rotatable bonds is 5. The molecule has 0 saturated carbocycles. The van der Waals surface area contributed by atoms with Gasteiger partial charge in [0.15, 0.2) is 0 Å². The van der Waals surface area contributed by atoms with Crippen molar-refractivity contribution >= 4 is 11.7 Å². The molecule has 0 aliphatic rings. The Balaban J connectivity index is 2.20. The van der Waals surface area contributed by atoms with Crippen LogP contribution in [0.3, 0.4) is 0 Å². The second kappa shape index (κ2) is 6.03. The van der Waals surface area contributed by atoms with Crippen molar-refractivity contribution in [2.24, 2.45) is 0 Å². The summed E-state index contributed by atoms with van der Waals surface area (Å²) in [4.78, 5) is 10.8. The van der Waals surface area contributed by atoms with Gasteiger partial charge in [0.05, 0.1) is 13.5 Å². The third kappa shape index (κ3) is 4.46. The van der Waals surface area contributed by atoms with Gasteiger partial charge in [0.2, 0.25) is 0 Å². The maximum Gasteiger partial charge on any atom is 0.306 e. The smallest absolute Gasteiger partial charge is 0.306 e. The van der Waals surface area contributed by atoms with E-state index in [-0.39, 0.29) is 5.97 Å². The first kappa shape index (κ1) is 11.5. The van der Waals surface area contributed by atoms with Crippen LogP contribution in [0.5, 0.6) is 0 Å². The summed E-state index contributed by atoms with van der Waals surface area (Å²) in [6.07, 6.45) is 0.394. The average Bonchev–Trinajstić information content (AvgIpc) is 2.26. The lowest BCUT2D eigenvalue weighted by atomic mass is 10.2. The summed E-state index contributed by atoms with van der Waals surface area (Å²) in [7, 11) is 1.39. The molecule has 0 spiro atoms. The Bertz CT molecular complexity index is 309. The summed E-state index contributed by atoms with van der Waals surface area (Å²) < 4.78 is 4.52. The molecule has 4 heteroatoms. The molecule has 0 unspecified atom stereocenters. The van der Waals surface area contributed by atoms with Gasteiger partial charge in [-0.2, -0.15) is 0 Å². The van der Waals surface area contributed by atoms with Crippen molar-refractivity contribution < 1.29 is 9.53 Å². The highest BCUT2D eigenvalue weighted by molar-refractivity contribution is 5.69. The van der Waals surface area contributed by atoms with E-state index in [2.05, 4.69) is 10.1 Å². The van der Waals surface area contributed by atoms with E-state index < -0.39 is 0 Å². The lowest BCUT2D eigenvalue weighted by molar-refractivity contribution is -0.140. The molecule has 1 rings (SSSR count). The van der Waals surface area contributed by atoms with Crippen LogP contribution in [0.1, 0.15) is 12.0 Å². The van der Waals surface area contributed by atoms with Gasteiger partial charge in [0, 0.05) is 18.8 Å². The summed E-state index contributed by atoms with van der Waals surface area (Å²) in [5.41, 5.74) is 7.46. The molecule has 0 saturated heterocycles. The predicted molar refractivity (Wildman–Crippen MR) is 59.2 cm³/mol. The minimum atomic E-state index is -0.195. The number of nitrogen functional groups attached to an aromatic ring is 1. The molecular formula is C11H16N2O2. The summed E-state index contributed by atoms with van der Waals surface area (Å²) in [5.74, 6) is -0.195. The molecule has 0 aliphatic carbocycles. The highest BCUT2D eigenvalue weighted by Crippen LogP contribution is 2.04. The van der Waals surface area contributed by atoms with Crippen molar-refractivity contribution in [2.75, 3.05) is 19.4 Å². The predicted octanol–water partition coefficient (Wildman–Crippen LogP) is 0.921. The van der Waals surface area contributed by atoms with Crippen molar-refractivity contribution in [3.8, 4) is 0 Å². The van der Waals surface area contributed by atoms with Crippen LogP contribution < -0.4 is 11.1 Å². The SMILES string of the molecule is COC(=O)CCNCc1ccc(N)cc1. The highest BCUT2D eigenvalue weighted by atomic mass is 16.5. The van der Waals surface area contributed by atoms with Gasteiger partial charge < -0.3 is 15.8 Å². The summed E-state index contributed by atoms with van der Waals surface area (Å²) in [6.45, 7) is 1.36. The highest BCUT2D eigenvalue weighted by Gasteiger charge is 1.98. The fraction of sp³-hybridized carbons (Fsp3) is 0.364. The van der Waals surface area contributed by atoms with E-state index in [1.54, 1.807) is 0 Å². The third-order valence-electron chi connectivity index (χ3n) is 2.04. The molecule has 82 valence electrons. The largest absolute Gasteiger partial charge is 0.469 e. The number of anilines is 1. The summed E-state index contributed by atoms with van der Waals surface area (Å²) in [6, 6.07) is 7.63. The quantitative estimate of drug-likeness (QED) is 0.429. The lowest BCUT2D eigenvalue weighted by Crippen LogP contribution is -2.18. The second-order valence-electron chi connectivity index (χ2n) is 3.24. The number of benzene rings is 1. The summed E-state index contributed by atoms with van der Waals surface area (Å²) in [5, 5.41) is 3.14. The first-order chi connectivity index (χ1) is 7.22. The molecule has 0 aliphatic heterocycles. The average molecular weight is 208 g/mol. The van der Waals surface area contributed by atoms with Crippen LogP contribution in [0.15, 0.2) is 24.3 Å². The maximum atomic E-state index is 10.8. The maximum absolute atomic E-state index is 10.8. The molecule has 0 amide bonds. The molecule has 4 nitrogen and oxygen atoms in total. The fourth-order valence-electron chi connectivity index (χ4n) is 1.16. The third-order valence-corrected chi connectivity index (χ3v) is 2.04. The first-order valence-electron chi connectivity index (χ1n) is 4.84. The van der Waals surface area contributed by atoms with Gasteiger partial charge in [-0.3, -0.25) is 4.79 Å². The van der Waals surface area contributed by atoms with Crippen molar-refractivity contribution in [1.82, 2.24) is 5.32 Å². The van der Waals surface area contributed by atoms with Gasteiger partial charge in [0.25, 0.3) is 0 Å². The van der Waals surface area contributed by atoms with Crippen LogP contribution in [-0.4, -0.2) is 19.6 Å². The number of hydrogen-bond acceptors (Lipinski definition) is 4. The molecule has 0 bridgehead atoms. The monoisotopic (exact) mass is 208 g/mol. The number of nitrogens with two attached hydrogens (primary N) is 1. The van der Waals surface area contributed by atoms with Crippen molar-refractivity contribution in [3.05, 3.63) is 29.8 Å². The number of methoxy groups -OCH3 is 1. The van der Waals surface area contributed by atoms with E-state index in [0.29, 0.717) is 13.0 Å². The molecule has 3 N–H and O–H groups in total. The lowest BCUT2D eigenvalue weighted by Gasteiger charge is -2.04. The molecule has 15 heavy (non-hydrogen) atoms.